The van der Waals surface area contributed by atoms with Crippen LogP contribution < -0.4 is 5.73 Å². The molecule has 0 amide bonds. The van der Waals surface area contributed by atoms with Crippen molar-refractivity contribution in [1.82, 2.24) is 14.5 Å². The lowest BCUT2D eigenvalue weighted by Gasteiger charge is -2.01. The fourth-order valence-corrected chi connectivity index (χ4v) is 2.03. The topological polar surface area (TPSA) is 56.7 Å². The molecule has 4 nitrogen and oxygen atoms in total. The van der Waals surface area contributed by atoms with Crippen LogP contribution in [0.4, 0.5) is 5.95 Å². The summed E-state index contributed by atoms with van der Waals surface area (Å²) in [7, 11) is 0. The number of nitrogens with zero attached hydrogens (tertiary/aromatic N) is 3. The molecule has 0 saturated heterocycles. The van der Waals surface area contributed by atoms with Crippen LogP contribution in [-0.4, -0.2) is 14.5 Å². The summed E-state index contributed by atoms with van der Waals surface area (Å²) in [5.74, 6) is 0.568. The van der Waals surface area contributed by atoms with Crippen molar-refractivity contribution in [1.29, 1.82) is 0 Å². The molecule has 0 radical (unpaired) electrons. The zero-order valence-corrected chi connectivity index (χ0v) is 8.79. The first-order valence-electron chi connectivity index (χ1n) is 4.43. The maximum Gasteiger partial charge on any atom is 0.200 e. The summed E-state index contributed by atoms with van der Waals surface area (Å²) in [5.41, 5.74) is 6.73. The van der Waals surface area contributed by atoms with Crippen molar-refractivity contribution in [3.63, 3.8) is 0 Å². The molecule has 0 fully saturated rings. The van der Waals surface area contributed by atoms with E-state index < -0.39 is 0 Å². The van der Waals surface area contributed by atoms with Gasteiger partial charge in [0, 0.05) is 36.4 Å². The van der Waals surface area contributed by atoms with Crippen LogP contribution in [0.3, 0.4) is 0 Å². The summed E-state index contributed by atoms with van der Waals surface area (Å²) >= 11 is 1.69. The van der Waals surface area contributed by atoms with Crippen molar-refractivity contribution in [3.8, 4) is 0 Å². The maximum atomic E-state index is 5.64. The lowest BCUT2D eigenvalue weighted by molar-refractivity contribution is 0.702. The molecule has 2 N–H and O–H groups in total. The number of imidazole rings is 1. The number of thiazole rings is 1. The van der Waals surface area contributed by atoms with E-state index in [0.717, 1.165) is 23.7 Å². The minimum Gasteiger partial charge on any atom is -0.369 e. The van der Waals surface area contributed by atoms with Crippen LogP contribution in [0.15, 0.2) is 17.8 Å². The predicted molar refractivity (Wildman–Crippen MR) is 57.2 cm³/mol. The first-order chi connectivity index (χ1) is 6.75. The molecule has 2 heterocycles. The molecule has 2 rings (SSSR count). The molecule has 0 unspecified atom stereocenters. The fourth-order valence-electron chi connectivity index (χ4n) is 1.26. The summed E-state index contributed by atoms with van der Waals surface area (Å²) in [6.07, 6.45) is 4.51. The molecule has 0 spiro atoms. The van der Waals surface area contributed by atoms with Crippen molar-refractivity contribution >= 4 is 17.3 Å². The summed E-state index contributed by atoms with van der Waals surface area (Å²) < 4.78 is 1.93. The van der Waals surface area contributed by atoms with Crippen LogP contribution in [0.5, 0.6) is 0 Å². The molecule has 0 aliphatic carbocycles. The third-order valence-electron chi connectivity index (χ3n) is 1.98. The second kappa shape index (κ2) is 3.79. The van der Waals surface area contributed by atoms with Gasteiger partial charge in [-0.05, 0) is 6.92 Å². The van der Waals surface area contributed by atoms with Crippen molar-refractivity contribution < 1.29 is 0 Å². The average molecular weight is 208 g/mol. The van der Waals surface area contributed by atoms with E-state index in [2.05, 4.69) is 15.3 Å². The third kappa shape index (κ3) is 1.93. The standard InChI is InChI=1S/C9H12N4S/c1-7-6-14-8(12-7)2-4-13-5-3-11-9(13)10/h3,5-6H,2,4H2,1H3,(H2,10,11). The van der Waals surface area contributed by atoms with Gasteiger partial charge in [0.15, 0.2) is 5.95 Å². The van der Waals surface area contributed by atoms with E-state index in [1.807, 2.05) is 17.7 Å². The Balaban J connectivity index is 1.98. The number of hydrogen-bond acceptors (Lipinski definition) is 4. The van der Waals surface area contributed by atoms with Gasteiger partial charge in [-0.15, -0.1) is 11.3 Å². The molecule has 2 aromatic rings. The molecule has 5 heteroatoms. The number of rotatable bonds is 3. The van der Waals surface area contributed by atoms with E-state index >= 15 is 0 Å². The first-order valence-corrected chi connectivity index (χ1v) is 5.31. The summed E-state index contributed by atoms with van der Waals surface area (Å²) in [5, 5.41) is 3.21. The Bertz CT molecular complexity index is 418. The number of hydrogen-bond donors (Lipinski definition) is 1. The van der Waals surface area contributed by atoms with Crippen molar-refractivity contribution in [2.24, 2.45) is 0 Å². The van der Waals surface area contributed by atoms with Gasteiger partial charge in [-0.3, -0.25) is 0 Å². The molecule has 0 bridgehead atoms. The van der Waals surface area contributed by atoms with Crippen molar-refractivity contribution in [3.05, 3.63) is 28.5 Å². The monoisotopic (exact) mass is 208 g/mol. The minimum absolute atomic E-state index is 0.568. The van der Waals surface area contributed by atoms with E-state index in [9.17, 15) is 0 Å². The second-order valence-electron chi connectivity index (χ2n) is 3.11. The second-order valence-corrected chi connectivity index (χ2v) is 4.05. The highest BCUT2D eigenvalue weighted by Gasteiger charge is 2.01. The zero-order chi connectivity index (χ0) is 9.97. The van der Waals surface area contributed by atoms with Gasteiger partial charge in [0.1, 0.15) is 0 Å². The Kier molecular flexibility index (Phi) is 2.49. The Labute approximate surface area is 86.4 Å². The van der Waals surface area contributed by atoms with Gasteiger partial charge in [0.2, 0.25) is 0 Å². The van der Waals surface area contributed by atoms with Crippen LogP contribution in [0, 0.1) is 6.92 Å². The lowest BCUT2D eigenvalue weighted by atomic mass is 10.4. The number of anilines is 1. The molecular formula is C9H12N4S. The molecule has 0 atom stereocenters. The lowest BCUT2D eigenvalue weighted by Crippen LogP contribution is -2.04. The van der Waals surface area contributed by atoms with Gasteiger partial charge >= 0.3 is 0 Å². The van der Waals surface area contributed by atoms with E-state index in [4.69, 9.17) is 5.73 Å². The van der Waals surface area contributed by atoms with E-state index in [1.54, 1.807) is 17.5 Å². The molecular weight excluding hydrogens is 196 g/mol. The quantitative estimate of drug-likeness (QED) is 0.831. The van der Waals surface area contributed by atoms with Gasteiger partial charge in [-0.1, -0.05) is 0 Å². The molecule has 14 heavy (non-hydrogen) atoms. The summed E-state index contributed by atoms with van der Waals surface area (Å²) in [4.78, 5) is 8.34. The Morgan fingerprint density at radius 3 is 3.00 bits per heavy atom. The smallest absolute Gasteiger partial charge is 0.200 e. The summed E-state index contributed by atoms with van der Waals surface area (Å²) in [6.45, 7) is 2.85. The number of aryl methyl sites for hydroxylation is 3. The van der Waals surface area contributed by atoms with Crippen LogP contribution in [0.1, 0.15) is 10.7 Å². The molecule has 0 aliphatic heterocycles. The normalized spacial score (nSPS) is 10.6. The number of aromatic nitrogens is 3. The van der Waals surface area contributed by atoms with Crippen molar-refractivity contribution in [2.75, 3.05) is 5.73 Å². The van der Waals surface area contributed by atoms with Gasteiger partial charge in [-0.25, -0.2) is 9.97 Å². The molecule has 0 saturated carbocycles. The fraction of sp³-hybridized carbons (Fsp3) is 0.333. The molecule has 0 aliphatic rings. The SMILES string of the molecule is Cc1csc(CCn2ccnc2N)n1. The molecule has 2 aromatic heterocycles. The largest absolute Gasteiger partial charge is 0.369 e. The highest BCUT2D eigenvalue weighted by molar-refractivity contribution is 7.09. The van der Waals surface area contributed by atoms with Crippen molar-refractivity contribution in [2.45, 2.75) is 19.9 Å². The minimum atomic E-state index is 0.568. The van der Waals surface area contributed by atoms with Gasteiger partial charge in [0.25, 0.3) is 0 Å². The zero-order valence-electron chi connectivity index (χ0n) is 7.97. The van der Waals surface area contributed by atoms with Crippen LogP contribution in [0.2, 0.25) is 0 Å². The van der Waals surface area contributed by atoms with E-state index in [-0.39, 0.29) is 0 Å². The van der Waals surface area contributed by atoms with Gasteiger partial charge in [0.05, 0.1) is 5.01 Å². The Morgan fingerprint density at radius 1 is 1.57 bits per heavy atom. The molecule has 74 valence electrons. The van der Waals surface area contributed by atoms with E-state index in [1.165, 1.54) is 0 Å². The number of nitrogens with two attached hydrogens (primary N) is 1. The Hall–Kier alpha value is -1.36. The van der Waals surface area contributed by atoms with Crippen LogP contribution in [-0.2, 0) is 13.0 Å². The number of nitrogen functional groups attached to an aromatic ring is 1. The highest BCUT2D eigenvalue weighted by atomic mass is 32.1. The highest BCUT2D eigenvalue weighted by Crippen LogP contribution is 2.10. The Morgan fingerprint density at radius 2 is 2.43 bits per heavy atom. The van der Waals surface area contributed by atoms with E-state index in [0.29, 0.717) is 5.95 Å². The maximum absolute atomic E-state index is 5.64. The first kappa shape index (κ1) is 9.21. The summed E-state index contributed by atoms with van der Waals surface area (Å²) in [6, 6.07) is 0. The van der Waals surface area contributed by atoms with Crippen LogP contribution in [0.25, 0.3) is 0 Å². The van der Waals surface area contributed by atoms with Gasteiger partial charge < -0.3 is 10.3 Å². The average Bonchev–Trinajstić information content (AvgIpc) is 2.72. The van der Waals surface area contributed by atoms with Gasteiger partial charge in [-0.2, -0.15) is 0 Å². The third-order valence-corrected chi connectivity index (χ3v) is 3.01. The predicted octanol–water partition coefficient (Wildman–Crippen LogP) is 1.47. The molecule has 0 aromatic carbocycles. The van der Waals surface area contributed by atoms with Crippen LogP contribution >= 0.6 is 11.3 Å².